The van der Waals surface area contributed by atoms with Gasteiger partial charge in [-0.05, 0) is 12.8 Å². The average Bonchev–Trinajstić information content (AvgIpc) is 2.66. The normalized spacial score (nSPS) is 22.3. The Bertz CT molecular complexity index is 224. The van der Waals surface area contributed by atoms with Gasteiger partial charge in [-0.25, -0.2) is 0 Å². The molecule has 0 atom stereocenters. The molecule has 0 radical (unpaired) electrons. The van der Waals surface area contributed by atoms with Crippen molar-refractivity contribution in [1.82, 2.24) is 0 Å². The van der Waals surface area contributed by atoms with Gasteiger partial charge in [0, 0.05) is 0 Å². The molecule has 0 aromatic carbocycles. The standard InChI is InChI=1S/C6H5F7O/c7-4(8,3(14)1-2-3)5(9,10)6(11,12)13/h14H,1-2H2. The fraction of sp³-hybridized carbons (Fsp3) is 1.00. The zero-order chi connectivity index (χ0) is 11.4. The highest BCUT2D eigenvalue weighted by Gasteiger charge is 2.82. The molecule has 1 N–H and O–H groups in total. The second-order valence-corrected chi connectivity index (χ2v) is 3.18. The van der Waals surface area contributed by atoms with Crippen LogP contribution in [0.4, 0.5) is 30.7 Å². The lowest BCUT2D eigenvalue weighted by Crippen LogP contribution is -2.58. The van der Waals surface area contributed by atoms with E-state index in [9.17, 15) is 30.7 Å². The van der Waals surface area contributed by atoms with Gasteiger partial charge in [0.2, 0.25) is 0 Å². The molecule has 14 heavy (non-hydrogen) atoms. The van der Waals surface area contributed by atoms with Crippen LogP contribution in [-0.4, -0.2) is 28.7 Å². The summed E-state index contributed by atoms with van der Waals surface area (Å²) in [5, 5.41) is 8.63. The first-order valence-electron chi connectivity index (χ1n) is 3.50. The first kappa shape index (κ1) is 11.5. The fourth-order valence-corrected chi connectivity index (χ4v) is 0.903. The summed E-state index contributed by atoms with van der Waals surface area (Å²) >= 11 is 0. The third-order valence-electron chi connectivity index (χ3n) is 2.06. The Morgan fingerprint density at radius 1 is 0.857 bits per heavy atom. The van der Waals surface area contributed by atoms with Gasteiger partial charge < -0.3 is 5.11 Å². The average molecular weight is 226 g/mol. The lowest BCUT2D eigenvalue weighted by Gasteiger charge is -2.31. The SMILES string of the molecule is OC1(C(F)(F)C(F)(F)C(F)(F)F)CC1. The van der Waals surface area contributed by atoms with Crippen molar-refractivity contribution >= 4 is 0 Å². The van der Waals surface area contributed by atoms with Crippen LogP contribution in [0.1, 0.15) is 12.8 Å². The van der Waals surface area contributed by atoms with E-state index in [1.807, 2.05) is 0 Å². The summed E-state index contributed by atoms with van der Waals surface area (Å²) in [4.78, 5) is 0. The maximum Gasteiger partial charge on any atom is 0.459 e. The van der Waals surface area contributed by atoms with Crippen molar-refractivity contribution in [3.8, 4) is 0 Å². The zero-order valence-electron chi connectivity index (χ0n) is 6.51. The van der Waals surface area contributed by atoms with Crippen LogP contribution in [0.3, 0.4) is 0 Å². The molecule has 1 rings (SSSR count). The van der Waals surface area contributed by atoms with Crippen LogP contribution < -0.4 is 0 Å². The van der Waals surface area contributed by atoms with E-state index in [4.69, 9.17) is 5.11 Å². The molecule has 0 unspecified atom stereocenters. The lowest BCUT2D eigenvalue weighted by molar-refractivity contribution is -0.375. The maximum absolute atomic E-state index is 12.5. The number of halogens is 7. The summed E-state index contributed by atoms with van der Waals surface area (Å²) in [6.45, 7) is 0. The Balaban J connectivity index is 3.03. The van der Waals surface area contributed by atoms with Gasteiger partial charge in [0.1, 0.15) is 5.60 Å². The molecule has 0 aliphatic heterocycles. The van der Waals surface area contributed by atoms with Gasteiger partial charge in [-0.15, -0.1) is 0 Å². The first-order valence-corrected chi connectivity index (χ1v) is 3.50. The molecule has 1 aliphatic rings. The molecular formula is C6H5F7O. The third-order valence-corrected chi connectivity index (χ3v) is 2.06. The number of hydrogen-bond acceptors (Lipinski definition) is 1. The summed E-state index contributed by atoms with van der Waals surface area (Å²) in [5.41, 5.74) is -3.22. The van der Waals surface area contributed by atoms with Gasteiger partial charge in [0.05, 0.1) is 0 Å². The Kier molecular flexibility index (Phi) is 2.09. The van der Waals surface area contributed by atoms with E-state index in [1.54, 1.807) is 0 Å². The van der Waals surface area contributed by atoms with E-state index >= 15 is 0 Å². The topological polar surface area (TPSA) is 20.2 Å². The van der Waals surface area contributed by atoms with Gasteiger partial charge in [0.25, 0.3) is 0 Å². The molecular weight excluding hydrogens is 221 g/mol. The Labute approximate surface area is 73.5 Å². The number of hydrogen-bond donors (Lipinski definition) is 1. The minimum Gasteiger partial charge on any atom is -0.383 e. The van der Waals surface area contributed by atoms with Gasteiger partial charge >= 0.3 is 18.0 Å². The van der Waals surface area contributed by atoms with Crippen molar-refractivity contribution in [2.24, 2.45) is 0 Å². The number of alkyl halides is 7. The third kappa shape index (κ3) is 1.27. The summed E-state index contributed by atoms with van der Waals surface area (Å²) in [5.74, 6) is -11.7. The van der Waals surface area contributed by atoms with Crippen molar-refractivity contribution in [3.63, 3.8) is 0 Å². The van der Waals surface area contributed by atoms with Crippen LogP contribution in [0.15, 0.2) is 0 Å². The van der Waals surface area contributed by atoms with Crippen molar-refractivity contribution in [2.75, 3.05) is 0 Å². The molecule has 1 saturated carbocycles. The van der Waals surface area contributed by atoms with E-state index in [0.29, 0.717) is 0 Å². The molecule has 1 aliphatic carbocycles. The van der Waals surface area contributed by atoms with E-state index < -0.39 is 36.5 Å². The minimum atomic E-state index is -6.37. The molecule has 0 bridgehead atoms. The van der Waals surface area contributed by atoms with E-state index in [1.165, 1.54) is 0 Å². The van der Waals surface area contributed by atoms with Crippen LogP contribution in [0, 0.1) is 0 Å². The monoisotopic (exact) mass is 226 g/mol. The maximum atomic E-state index is 12.5. The van der Waals surface area contributed by atoms with E-state index in [-0.39, 0.29) is 0 Å². The zero-order valence-corrected chi connectivity index (χ0v) is 6.51. The van der Waals surface area contributed by atoms with E-state index in [2.05, 4.69) is 0 Å². The second kappa shape index (κ2) is 2.53. The van der Waals surface area contributed by atoms with Crippen molar-refractivity contribution in [1.29, 1.82) is 0 Å². The van der Waals surface area contributed by atoms with Crippen LogP contribution in [0.25, 0.3) is 0 Å². The predicted molar refractivity (Wildman–Crippen MR) is 30.1 cm³/mol. The van der Waals surface area contributed by atoms with Crippen molar-refractivity contribution < 1.29 is 35.8 Å². The molecule has 1 fully saturated rings. The molecule has 0 heterocycles. The van der Waals surface area contributed by atoms with E-state index in [0.717, 1.165) is 0 Å². The largest absolute Gasteiger partial charge is 0.459 e. The van der Waals surface area contributed by atoms with Crippen LogP contribution in [0.2, 0.25) is 0 Å². The second-order valence-electron chi connectivity index (χ2n) is 3.18. The molecule has 0 amide bonds. The van der Waals surface area contributed by atoms with Gasteiger partial charge in [-0.1, -0.05) is 0 Å². The Hall–Kier alpha value is -0.530. The predicted octanol–water partition coefficient (Wildman–Crippen LogP) is 2.34. The Morgan fingerprint density at radius 3 is 1.43 bits per heavy atom. The lowest BCUT2D eigenvalue weighted by atomic mass is 10.0. The molecule has 0 spiro atoms. The summed E-state index contributed by atoms with van der Waals surface area (Å²) in [7, 11) is 0. The summed E-state index contributed by atoms with van der Waals surface area (Å²) < 4.78 is 84.2. The molecule has 0 saturated heterocycles. The van der Waals surface area contributed by atoms with Crippen molar-refractivity contribution in [2.45, 2.75) is 36.5 Å². The fourth-order valence-electron chi connectivity index (χ4n) is 0.903. The first-order chi connectivity index (χ1) is 5.96. The quantitative estimate of drug-likeness (QED) is 0.716. The van der Waals surface area contributed by atoms with Crippen molar-refractivity contribution in [3.05, 3.63) is 0 Å². The highest BCUT2D eigenvalue weighted by molar-refractivity contribution is 5.12. The highest BCUT2D eigenvalue weighted by atomic mass is 19.4. The molecule has 1 nitrogen and oxygen atoms in total. The molecule has 8 heteroatoms. The molecule has 0 aromatic rings. The van der Waals surface area contributed by atoms with Crippen LogP contribution >= 0.6 is 0 Å². The summed E-state index contributed by atoms with van der Waals surface area (Å²) in [6.07, 6.45) is -7.88. The minimum absolute atomic E-state index is 0.758. The Morgan fingerprint density at radius 2 is 1.21 bits per heavy atom. The van der Waals surface area contributed by atoms with Gasteiger partial charge in [0.15, 0.2) is 0 Å². The van der Waals surface area contributed by atoms with Gasteiger partial charge in [-0.3, -0.25) is 0 Å². The molecule has 84 valence electrons. The van der Waals surface area contributed by atoms with Crippen LogP contribution in [0.5, 0.6) is 0 Å². The number of rotatable bonds is 2. The summed E-state index contributed by atoms with van der Waals surface area (Å²) in [6, 6.07) is 0. The van der Waals surface area contributed by atoms with Gasteiger partial charge in [-0.2, -0.15) is 30.7 Å². The van der Waals surface area contributed by atoms with Crippen LogP contribution in [-0.2, 0) is 0 Å². The smallest absolute Gasteiger partial charge is 0.383 e. The number of aliphatic hydroxyl groups is 1. The highest BCUT2D eigenvalue weighted by Crippen LogP contribution is 2.58. The molecule has 0 aromatic heterocycles.